The van der Waals surface area contributed by atoms with E-state index in [1.165, 1.54) is 12.1 Å². The Labute approximate surface area is 176 Å². The maximum absolute atomic E-state index is 14.8. The second-order valence-corrected chi connectivity index (χ2v) is 8.25. The maximum atomic E-state index is 14.8. The van der Waals surface area contributed by atoms with Crippen molar-refractivity contribution in [3.8, 4) is 0 Å². The van der Waals surface area contributed by atoms with Crippen molar-refractivity contribution in [2.75, 3.05) is 36.0 Å². The minimum atomic E-state index is -0.581. The van der Waals surface area contributed by atoms with Crippen molar-refractivity contribution < 1.29 is 14.0 Å². The Morgan fingerprint density at radius 3 is 2.47 bits per heavy atom. The summed E-state index contributed by atoms with van der Waals surface area (Å²) in [5.41, 5.74) is 2.80. The van der Waals surface area contributed by atoms with Crippen LogP contribution >= 0.6 is 0 Å². The van der Waals surface area contributed by atoms with Crippen LogP contribution in [-0.4, -0.2) is 53.9 Å². The summed E-state index contributed by atoms with van der Waals surface area (Å²) in [6.07, 6.45) is 3.09. The number of aromatic nitrogens is 1. The second kappa shape index (κ2) is 8.05. The van der Waals surface area contributed by atoms with Gasteiger partial charge in [0.1, 0.15) is 11.6 Å². The molecule has 3 heterocycles. The molecule has 0 N–H and O–H groups in total. The average molecular weight is 410 g/mol. The number of hydrogen-bond acceptors (Lipinski definition) is 4. The van der Waals surface area contributed by atoms with E-state index in [9.17, 15) is 14.0 Å². The molecule has 6 nitrogen and oxygen atoms in total. The molecule has 1 aromatic heterocycles. The molecule has 0 bridgehead atoms. The Balaban J connectivity index is 1.45. The Morgan fingerprint density at radius 2 is 1.87 bits per heavy atom. The number of hydrogen-bond donors (Lipinski definition) is 0. The minimum absolute atomic E-state index is 0.00268. The summed E-state index contributed by atoms with van der Waals surface area (Å²) in [4.78, 5) is 35.0. The van der Waals surface area contributed by atoms with E-state index >= 15 is 0 Å². The fourth-order valence-electron chi connectivity index (χ4n) is 4.38. The Morgan fingerprint density at radius 1 is 1.13 bits per heavy atom. The molecule has 1 aromatic carbocycles. The molecule has 2 aromatic rings. The summed E-state index contributed by atoms with van der Waals surface area (Å²) in [5, 5.41) is 0. The van der Waals surface area contributed by atoms with Gasteiger partial charge in [-0.1, -0.05) is 6.07 Å². The fraction of sp³-hybridized carbons (Fsp3) is 0.435. The van der Waals surface area contributed by atoms with Crippen LogP contribution in [0.2, 0.25) is 0 Å². The number of pyridine rings is 1. The molecule has 0 radical (unpaired) electrons. The lowest BCUT2D eigenvalue weighted by Gasteiger charge is -2.36. The number of piperazine rings is 1. The zero-order chi connectivity index (χ0) is 21.4. The van der Waals surface area contributed by atoms with Gasteiger partial charge in [0.25, 0.3) is 5.91 Å². The molecule has 2 aliphatic heterocycles. The minimum Gasteiger partial charge on any atom is -0.353 e. The molecule has 0 aliphatic carbocycles. The van der Waals surface area contributed by atoms with E-state index in [0.717, 1.165) is 23.4 Å². The van der Waals surface area contributed by atoms with Gasteiger partial charge in [-0.3, -0.25) is 9.59 Å². The van der Waals surface area contributed by atoms with Crippen LogP contribution in [0, 0.1) is 19.7 Å². The van der Waals surface area contributed by atoms with Gasteiger partial charge in [0.15, 0.2) is 0 Å². The molecule has 158 valence electrons. The highest BCUT2D eigenvalue weighted by Gasteiger charge is 2.30. The molecule has 30 heavy (non-hydrogen) atoms. The number of carbonyl (C=O) groups excluding carboxylic acids is 2. The standard InChI is InChI=1S/C23H27FN4O2/c1-15-12-16(2)22(25-14-15)26-8-10-27(11-9-26)23(30)19-6-5-18(13-20(19)24)28-17(3)4-7-21(28)29/h5-6,12-14,17H,4,7-11H2,1-3H3. The number of carbonyl (C=O) groups is 2. The van der Waals surface area contributed by atoms with E-state index in [1.54, 1.807) is 15.9 Å². The first kappa shape index (κ1) is 20.3. The summed E-state index contributed by atoms with van der Waals surface area (Å²) < 4.78 is 14.8. The number of anilines is 2. The second-order valence-electron chi connectivity index (χ2n) is 8.25. The zero-order valence-corrected chi connectivity index (χ0v) is 17.7. The lowest BCUT2D eigenvalue weighted by molar-refractivity contribution is -0.117. The van der Waals surface area contributed by atoms with Crippen molar-refractivity contribution in [3.05, 3.63) is 53.0 Å². The van der Waals surface area contributed by atoms with Gasteiger partial charge in [-0.2, -0.15) is 0 Å². The predicted molar refractivity (Wildman–Crippen MR) is 114 cm³/mol. The van der Waals surface area contributed by atoms with E-state index < -0.39 is 5.82 Å². The quantitative estimate of drug-likeness (QED) is 0.779. The van der Waals surface area contributed by atoms with Crippen LogP contribution in [0.3, 0.4) is 0 Å². The van der Waals surface area contributed by atoms with Crippen LogP contribution < -0.4 is 9.80 Å². The third kappa shape index (κ3) is 3.76. The van der Waals surface area contributed by atoms with Crippen LogP contribution in [0.1, 0.15) is 41.3 Å². The van der Waals surface area contributed by atoms with Crippen molar-refractivity contribution in [1.82, 2.24) is 9.88 Å². The van der Waals surface area contributed by atoms with Gasteiger partial charge in [-0.15, -0.1) is 0 Å². The monoisotopic (exact) mass is 410 g/mol. The zero-order valence-electron chi connectivity index (χ0n) is 17.7. The summed E-state index contributed by atoms with van der Waals surface area (Å²) in [6.45, 7) is 8.33. The molecule has 0 spiro atoms. The van der Waals surface area contributed by atoms with Crippen molar-refractivity contribution >= 4 is 23.3 Å². The number of halogens is 1. The SMILES string of the molecule is Cc1cnc(N2CCN(C(=O)c3ccc(N4C(=O)CCC4C)cc3F)CC2)c(C)c1. The number of amides is 2. The number of benzene rings is 1. The summed E-state index contributed by atoms with van der Waals surface area (Å²) in [6, 6.07) is 6.63. The van der Waals surface area contributed by atoms with Crippen LogP contribution in [-0.2, 0) is 4.79 Å². The third-order valence-corrected chi connectivity index (χ3v) is 6.00. The molecular weight excluding hydrogens is 383 g/mol. The van der Waals surface area contributed by atoms with Gasteiger partial charge in [0, 0.05) is 50.5 Å². The molecular formula is C23H27FN4O2. The highest BCUT2D eigenvalue weighted by atomic mass is 19.1. The van der Waals surface area contributed by atoms with E-state index in [1.807, 2.05) is 27.0 Å². The topological polar surface area (TPSA) is 56.8 Å². The molecule has 7 heteroatoms. The fourth-order valence-corrected chi connectivity index (χ4v) is 4.38. The Hall–Kier alpha value is -2.96. The first-order valence-corrected chi connectivity index (χ1v) is 10.4. The Bertz CT molecular complexity index is 985. The average Bonchev–Trinajstić information content (AvgIpc) is 3.06. The van der Waals surface area contributed by atoms with Crippen molar-refractivity contribution in [2.45, 2.75) is 39.7 Å². The molecule has 2 aliphatic rings. The van der Waals surface area contributed by atoms with Gasteiger partial charge in [0.2, 0.25) is 5.91 Å². The van der Waals surface area contributed by atoms with Gasteiger partial charge in [-0.05, 0) is 56.5 Å². The molecule has 0 saturated carbocycles. The highest BCUT2D eigenvalue weighted by molar-refractivity contribution is 5.98. The highest BCUT2D eigenvalue weighted by Crippen LogP contribution is 2.28. The van der Waals surface area contributed by atoms with E-state index in [0.29, 0.717) is 38.3 Å². The van der Waals surface area contributed by atoms with E-state index in [-0.39, 0.29) is 23.4 Å². The van der Waals surface area contributed by atoms with Crippen LogP contribution in [0.4, 0.5) is 15.9 Å². The summed E-state index contributed by atoms with van der Waals surface area (Å²) in [5.74, 6) is 0.0423. The molecule has 1 atom stereocenters. The smallest absolute Gasteiger partial charge is 0.256 e. The van der Waals surface area contributed by atoms with Crippen LogP contribution in [0.5, 0.6) is 0 Å². The van der Waals surface area contributed by atoms with Gasteiger partial charge >= 0.3 is 0 Å². The van der Waals surface area contributed by atoms with Crippen LogP contribution in [0.15, 0.2) is 30.5 Å². The number of nitrogens with zero attached hydrogens (tertiary/aromatic N) is 4. The summed E-state index contributed by atoms with van der Waals surface area (Å²) in [7, 11) is 0. The maximum Gasteiger partial charge on any atom is 0.256 e. The number of rotatable bonds is 3. The molecule has 2 amide bonds. The summed E-state index contributed by atoms with van der Waals surface area (Å²) >= 11 is 0. The largest absolute Gasteiger partial charge is 0.353 e. The van der Waals surface area contributed by atoms with Crippen LogP contribution in [0.25, 0.3) is 0 Å². The van der Waals surface area contributed by atoms with E-state index in [4.69, 9.17) is 0 Å². The lowest BCUT2D eigenvalue weighted by Crippen LogP contribution is -2.49. The van der Waals surface area contributed by atoms with E-state index in [2.05, 4.69) is 16.0 Å². The van der Waals surface area contributed by atoms with Crippen molar-refractivity contribution in [1.29, 1.82) is 0 Å². The molecule has 4 rings (SSSR count). The van der Waals surface area contributed by atoms with Gasteiger partial charge < -0.3 is 14.7 Å². The number of aryl methyl sites for hydroxylation is 2. The first-order valence-electron chi connectivity index (χ1n) is 10.4. The normalized spacial score (nSPS) is 19.5. The molecule has 2 fully saturated rings. The van der Waals surface area contributed by atoms with Gasteiger partial charge in [0.05, 0.1) is 5.56 Å². The molecule has 1 unspecified atom stereocenters. The van der Waals surface area contributed by atoms with Gasteiger partial charge in [-0.25, -0.2) is 9.37 Å². The third-order valence-electron chi connectivity index (χ3n) is 6.00. The lowest BCUT2D eigenvalue weighted by atomic mass is 10.1. The van der Waals surface area contributed by atoms with Crippen molar-refractivity contribution in [3.63, 3.8) is 0 Å². The Kier molecular flexibility index (Phi) is 5.45. The first-order chi connectivity index (χ1) is 14.3. The molecule has 2 saturated heterocycles. The predicted octanol–water partition coefficient (Wildman–Crippen LogP) is 3.32. The van der Waals surface area contributed by atoms with Crippen molar-refractivity contribution in [2.24, 2.45) is 0 Å².